The Balaban J connectivity index is 0.000000293. The minimum Gasteiger partial charge on any atom is -0.461 e. The summed E-state index contributed by atoms with van der Waals surface area (Å²) in [4.78, 5) is 54.7. The van der Waals surface area contributed by atoms with Crippen LogP contribution in [0.3, 0.4) is 0 Å². The van der Waals surface area contributed by atoms with E-state index in [1.54, 1.807) is 69.3 Å². The summed E-state index contributed by atoms with van der Waals surface area (Å²) in [6.45, 7) is 8.65. The molecule has 0 atom stereocenters. The molecule has 0 bridgehead atoms. The van der Waals surface area contributed by atoms with Gasteiger partial charge in [0.25, 0.3) is 0 Å². The highest BCUT2D eigenvalue weighted by molar-refractivity contribution is 9.09. The van der Waals surface area contributed by atoms with E-state index in [0.717, 1.165) is 0 Å². The van der Waals surface area contributed by atoms with Gasteiger partial charge >= 0.3 is 5.97 Å². The summed E-state index contributed by atoms with van der Waals surface area (Å²) in [6, 6.07) is 13.3. The number of carbonyl (C=O) groups is 5. The molecular weight excluding hydrogens is 612 g/mol. The molecule has 0 unspecified atom stereocenters. The molecular formula is C31H35BrO10. The van der Waals surface area contributed by atoms with Gasteiger partial charge in [-0.15, -0.1) is 0 Å². The van der Waals surface area contributed by atoms with Crippen LogP contribution in [-0.4, -0.2) is 40.0 Å². The van der Waals surface area contributed by atoms with Crippen LogP contribution in [0.4, 0.5) is 0 Å². The van der Waals surface area contributed by atoms with Crippen molar-refractivity contribution >= 4 is 45.0 Å². The zero-order valence-corrected chi connectivity index (χ0v) is 25.8. The van der Waals surface area contributed by atoms with E-state index in [9.17, 15) is 24.0 Å². The Morgan fingerprint density at radius 3 is 1.38 bits per heavy atom. The van der Waals surface area contributed by atoms with Gasteiger partial charge in [0.1, 0.15) is 5.60 Å². The molecule has 0 aliphatic heterocycles. The summed E-state index contributed by atoms with van der Waals surface area (Å²) in [6.07, 6.45) is 6.60. The van der Waals surface area contributed by atoms with Crippen molar-refractivity contribution in [2.45, 2.75) is 59.5 Å². The Kier molecular flexibility index (Phi) is 16.2. The molecule has 0 amide bonds. The standard InChI is InChI=1S/C12H16O4.C7H8O2.C6H5BrO2.C6H6O2/c1-12(2,3)16-11(14)7-6-9(13)10-5-4-8-15-10;1-2-6(8)7-4-3-5-9-7;7-4-5(8)6-2-1-3-9-6;1-5(7)6-3-2-4-8-6/h4-5,8H,6-7H2,1-3H3;3-5H,2H2,1H3;1-3H,4H2;2-4H,1H3. The molecule has 0 aromatic carbocycles. The van der Waals surface area contributed by atoms with Gasteiger partial charge in [-0.05, 0) is 69.3 Å². The molecule has 226 valence electrons. The highest BCUT2D eigenvalue weighted by atomic mass is 79.9. The third-order valence-corrected chi connectivity index (χ3v) is 5.18. The molecule has 4 aromatic heterocycles. The Morgan fingerprint density at radius 2 is 1.07 bits per heavy atom. The van der Waals surface area contributed by atoms with E-state index in [1.807, 2.05) is 6.92 Å². The van der Waals surface area contributed by atoms with E-state index in [2.05, 4.69) is 15.9 Å². The maximum atomic E-state index is 11.5. The lowest BCUT2D eigenvalue weighted by atomic mass is 10.1. The second-order valence-electron chi connectivity index (χ2n) is 9.31. The lowest BCUT2D eigenvalue weighted by Crippen LogP contribution is -2.24. The van der Waals surface area contributed by atoms with Crippen LogP contribution in [0, 0.1) is 0 Å². The van der Waals surface area contributed by atoms with Gasteiger partial charge in [0.15, 0.2) is 40.4 Å². The topological polar surface area (TPSA) is 147 Å². The number of hydrogen-bond acceptors (Lipinski definition) is 10. The summed E-state index contributed by atoms with van der Waals surface area (Å²) in [5, 5.41) is 0.320. The number of furan rings is 4. The van der Waals surface area contributed by atoms with Crippen LogP contribution >= 0.6 is 15.9 Å². The first kappa shape index (κ1) is 35.8. The van der Waals surface area contributed by atoms with Crippen LogP contribution in [0.15, 0.2) is 91.3 Å². The predicted octanol–water partition coefficient (Wildman–Crippen LogP) is 7.80. The van der Waals surface area contributed by atoms with Crippen molar-refractivity contribution in [2.75, 3.05) is 5.33 Å². The normalized spacial score (nSPS) is 10.0. The van der Waals surface area contributed by atoms with Crippen molar-refractivity contribution in [3.05, 3.63) is 96.6 Å². The fraction of sp³-hybridized carbons (Fsp3) is 0.323. The van der Waals surface area contributed by atoms with Gasteiger partial charge in [-0.25, -0.2) is 0 Å². The SMILES string of the molecule is CC(=O)c1ccco1.CC(C)(C)OC(=O)CCC(=O)c1ccco1.CCC(=O)c1ccco1.O=C(CBr)c1ccco1. The number of carbonyl (C=O) groups excluding carboxylic acids is 5. The average molecular weight is 648 g/mol. The average Bonchev–Trinajstić information content (AvgIpc) is 3.79. The summed E-state index contributed by atoms with van der Waals surface area (Å²) in [7, 11) is 0. The largest absolute Gasteiger partial charge is 0.461 e. The number of ketones is 4. The summed E-state index contributed by atoms with van der Waals surface area (Å²) in [5.74, 6) is 1.01. The number of hydrogen-bond donors (Lipinski definition) is 0. The van der Waals surface area contributed by atoms with Crippen molar-refractivity contribution in [3.8, 4) is 0 Å². The molecule has 0 radical (unpaired) electrons. The third kappa shape index (κ3) is 14.9. The van der Waals surface area contributed by atoms with Crippen LogP contribution in [0.25, 0.3) is 0 Å². The van der Waals surface area contributed by atoms with Gasteiger partial charge in [0, 0.05) is 19.8 Å². The summed E-state index contributed by atoms with van der Waals surface area (Å²) in [5.41, 5.74) is -0.509. The van der Waals surface area contributed by atoms with Crippen LogP contribution < -0.4 is 0 Å². The number of ether oxygens (including phenoxy) is 1. The molecule has 11 heteroatoms. The molecule has 4 heterocycles. The first-order valence-electron chi connectivity index (χ1n) is 12.9. The molecule has 0 aliphatic rings. The molecule has 0 saturated heterocycles. The Bertz CT molecular complexity index is 1280. The van der Waals surface area contributed by atoms with E-state index >= 15 is 0 Å². The predicted molar refractivity (Wildman–Crippen MR) is 157 cm³/mol. The Morgan fingerprint density at radius 1 is 0.667 bits per heavy atom. The van der Waals surface area contributed by atoms with Crippen LogP contribution in [-0.2, 0) is 9.53 Å². The second-order valence-corrected chi connectivity index (χ2v) is 9.87. The van der Waals surface area contributed by atoms with E-state index in [4.69, 9.17) is 22.4 Å². The van der Waals surface area contributed by atoms with Crippen LogP contribution in [0.5, 0.6) is 0 Å². The van der Waals surface area contributed by atoms with Crippen LogP contribution in [0.2, 0.25) is 0 Å². The van der Waals surface area contributed by atoms with Gasteiger partial charge in [0.2, 0.25) is 5.78 Å². The highest BCUT2D eigenvalue weighted by Gasteiger charge is 2.18. The van der Waals surface area contributed by atoms with E-state index < -0.39 is 5.60 Å². The number of esters is 1. The molecule has 42 heavy (non-hydrogen) atoms. The van der Waals surface area contributed by atoms with E-state index in [-0.39, 0.29) is 47.7 Å². The maximum absolute atomic E-state index is 11.5. The fourth-order valence-electron chi connectivity index (χ4n) is 2.76. The summed E-state index contributed by atoms with van der Waals surface area (Å²) < 4.78 is 24.4. The number of Topliss-reactive ketones (excluding diaryl/α,β-unsaturated/α-hetero) is 4. The minimum atomic E-state index is -0.509. The van der Waals surface area contributed by atoms with Gasteiger partial charge in [0.05, 0.1) is 36.8 Å². The number of alkyl halides is 1. The quantitative estimate of drug-likeness (QED) is 0.100. The first-order chi connectivity index (χ1) is 19.9. The lowest BCUT2D eigenvalue weighted by molar-refractivity contribution is -0.154. The van der Waals surface area contributed by atoms with Crippen molar-refractivity contribution in [2.24, 2.45) is 0 Å². The second kappa shape index (κ2) is 19.0. The smallest absolute Gasteiger partial charge is 0.306 e. The van der Waals surface area contributed by atoms with E-state index in [0.29, 0.717) is 29.0 Å². The molecule has 4 rings (SSSR count). The lowest BCUT2D eigenvalue weighted by Gasteiger charge is -2.19. The Labute approximate surface area is 252 Å². The number of rotatable bonds is 9. The third-order valence-electron chi connectivity index (χ3n) is 4.67. The fourth-order valence-corrected chi connectivity index (χ4v) is 3.04. The zero-order chi connectivity index (χ0) is 31.5. The minimum absolute atomic E-state index is 0.0278. The molecule has 0 saturated carbocycles. The van der Waals surface area contributed by atoms with Crippen molar-refractivity contribution in [1.29, 1.82) is 0 Å². The highest BCUT2D eigenvalue weighted by Crippen LogP contribution is 2.11. The molecule has 0 fully saturated rings. The van der Waals surface area contributed by atoms with Gasteiger partial charge < -0.3 is 22.4 Å². The molecule has 0 aliphatic carbocycles. The van der Waals surface area contributed by atoms with E-state index in [1.165, 1.54) is 32.0 Å². The zero-order valence-electron chi connectivity index (χ0n) is 24.2. The molecule has 4 aromatic rings. The molecule has 0 N–H and O–H groups in total. The van der Waals surface area contributed by atoms with Crippen molar-refractivity contribution in [1.82, 2.24) is 0 Å². The van der Waals surface area contributed by atoms with Crippen molar-refractivity contribution in [3.63, 3.8) is 0 Å². The summed E-state index contributed by atoms with van der Waals surface area (Å²) >= 11 is 3.03. The first-order valence-corrected chi connectivity index (χ1v) is 14.0. The monoisotopic (exact) mass is 646 g/mol. The molecule has 10 nitrogen and oxygen atoms in total. The van der Waals surface area contributed by atoms with Gasteiger partial charge in [-0.3, -0.25) is 24.0 Å². The Hall–Kier alpha value is -4.25. The number of halogens is 1. The molecule has 0 spiro atoms. The van der Waals surface area contributed by atoms with Crippen molar-refractivity contribution < 1.29 is 46.4 Å². The van der Waals surface area contributed by atoms with Crippen LogP contribution in [0.1, 0.15) is 96.1 Å². The van der Waals surface area contributed by atoms with Gasteiger partial charge in [-0.1, -0.05) is 22.9 Å². The van der Waals surface area contributed by atoms with Gasteiger partial charge in [-0.2, -0.15) is 0 Å². The maximum Gasteiger partial charge on any atom is 0.306 e.